The number of nitrogens with one attached hydrogen (secondary N) is 1. The minimum atomic E-state index is 0.290. The molecule has 1 heterocycles. The first-order valence-corrected chi connectivity index (χ1v) is 5.38. The van der Waals surface area contributed by atoms with Crippen molar-refractivity contribution in [1.82, 2.24) is 4.98 Å². The SMILES string of the molecule is CC1=CCCC(C)(C)c2[nH]c(C)cc21. The van der Waals surface area contributed by atoms with Gasteiger partial charge in [0.15, 0.2) is 0 Å². The molecule has 76 valence electrons. The summed E-state index contributed by atoms with van der Waals surface area (Å²) in [4.78, 5) is 3.52. The van der Waals surface area contributed by atoms with Gasteiger partial charge in [-0.05, 0) is 43.9 Å². The highest BCUT2D eigenvalue weighted by Crippen LogP contribution is 2.37. The Bertz CT molecular complexity index is 380. The standard InChI is InChI=1S/C13H19N/c1-9-6-5-7-13(3,4)12-11(9)8-10(2)14-12/h6,8,14H,5,7H2,1-4H3. The monoisotopic (exact) mass is 189 g/mol. The number of fused-ring (bicyclic) bond motifs is 1. The predicted octanol–water partition coefficient (Wildman–Crippen LogP) is 3.80. The number of aromatic amines is 1. The highest BCUT2D eigenvalue weighted by atomic mass is 14.7. The highest BCUT2D eigenvalue weighted by Gasteiger charge is 2.27. The van der Waals surface area contributed by atoms with Gasteiger partial charge in [0.1, 0.15) is 0 Å². The third-order valence-corrected chi connectivity index (χ3v) is 3.27. The zero-order valence-corrected chi connectivity index (χ0v) is 9.57. The maximum Gasteiger partial charge on any atom is 0.0282 e. The summed E-state index contributed by atoms with van der Waals surface area (Å²) in [5, 5.41) is 0. The molecule has 1 N–H and O–H groups in total. The predicted molar refractivity (Wildman–Crippen MR) is 61.4 cm³/mol. The molecule has 1 aromatic rings. The Kier molecular flexibility index (Phi) is 2.06. The Morgan fingerprint density at radius 2 is 2.00 bits per heavy atom. The van der Waals surface area contributed by atoms with Crippen LogP contribution in [-0.2, 0) is 5.41 Å². The fraction of sp³-hybridized carbons (Fsp3) is 0.538. The normalized spacial score (nSPS) is 19.9. The first-order chi connectivity index (χ1) is 6.50. The van der Waals surface area contributed by atoms with E-state index in [0.717, 1.165) is 0 Å². The molecule has 0 unspecified atom stereocenters. The van der Waals surface area contributed by atoms with Gasteiger partial charge in [-0.3, -0.25) is 0 Å². The van der Waals surface area contributed by atoms with Gasteiger partial charge < -0.3 is 4.98 Å². The maximum absolute atomic E-state index is 3.52. The van der Waals surface area contributed by atoms with Crippen LogP contribution in [0.15, 0.2) is 12.1 Å². The van der Waals surface area contributed by atoms with Crippen molar-refractivity contribution in [2.75, 3.05) is 0 Å². The fourth-order valence-corrected chi connectivity index (χ4v) is 2.32. The van der Waals surface area contributed by atoms with E-state index >= 15 is 0 Å². The van der Waals surface area contributed by atoms with E-state index in [4.69, 9.17) is 0 Å². The molecule has 14 heavy (non-hydrogen) atoms. The van der Waals surface area contributed by atoms with Crippen LogP contribution in [-0.4, -0.2) is 4.98 Å². The van der Waals surface area contributed by atoms with Gasteiger partial charge in [0.05, 0.1) is 0 Å². The second-order valence-electron chi connectivity index (χ2n) is 5.05. The van der Waals surface area contributed by atoms with Gasteiger partial charge in [-0.1, -0.05) is 19.9 Å². The second kappa shape index (κ2) is 3.01. The lowest BCUT2D eigenvalue weighted by Crippen LogP contribution is -2.17. The quantitative estimate of drug-likeness (QED) is 0.639. The Labute approximate surface area is 86.2 Å². The summed E-state index contributed by atoms with van der Waals surface area (Å²) < 4.78 is 0. The number of hydrogen-bond acceptors (Lipinski definition) is 0. The number of H-pyrrole nitrogens is 1. The molecule has 0 fully saturated rings. The molecule has 0 saturated carbocycles. The van der Waals surface area contributed by atoms with E-state index in [2.05, 4.69) is 44.8 Å². The molecule has 1 nitrogen and oxygen atoms in total. The van der Waals surface area contributed by atoms with E-state index in [1.54, 1.807) is 0 Å². The van der Waals surface area contributed by atoms with E-state index in [-0.39, 0.29) is 5.41 Å². The van der Waals surface area contributed by atoms with Crippen molar-refractivity contribution < 1.29 is 0 Å². The van der Waals surface area contributed by atoms with Crippen LogP contribution >= 0.6 is 0 Å². The van der Waals surface area contributed by atoms with Gasteiger partial charge in [0.2, 0.25) is 0 Å². The van der Waals surface area contributed by atoms with Gasteiger partial charge in [0, 0.05) is 16.8 Å². The molecule has 0 amide bonds. The number of rotatable bonds is 0. The Morgan fingerprint density at radius 3 is 2.71 bits per heavy atom. The number of aromatic nitrogens is 1. The molecule has 0 bridgehead atoms. The average molecular weight is 189 g/mol. The summed E-state index contributed by atoms with van der Waals surface area (Å²) in [5.41, 5.74) is 5.83. The smallest absolute Gasteiger partial charge is 0.0282 e. The summed E-state index contributed by atoms with van der Waals surface area (Å²) in [7, 11) is 0. The molecule has 0 atom stereocenters. The van der Waals surface area contributed by atoms with Crippen LogP contribution in [0.1, 0.15) is 50.6 Å². The summed E-state index contributed by atoms with van der Waals surface area (Å²) in [6, 6.07) is 2.27. The minimum Gasteiger partial charge on any atom is -0.362 e. The van der Waals surface area contributed by atoms with Gasteiger partial charge in [-0.15, -0.1) is 0 Å². The van der Waals surface area contributed by atoms with Crippen molar-refractivity contribution >= 4 is 5.57 Å². The molecule has 0 aromatic carbocycles. The first-order valence-electron chi connectivity index (χ1n) is 5.38. The number of allylic oxidation sites excluding steroid dienone is 2. The van der Waals surface area contributed by atoms with Gasteiger partial charge in [-0.2, -0.15) is 0 Å². The summed E-state index contributed by atoms with van der Waals surface area (Å²) >= 11 is 0. The molecule has 0 saturated heterocycles. The Hall–Kier alpha value is -0.980. The lowest BCUT2D eigenvalue weighted by molar-refractivity contribution is 0.474. The Morgan fingerprint density at radius 1 is 1.29 bits per heavy atom. The third-order valence-electron chi connectivity index (χ3n) is 3.27. The lowest BCUT2D eigenvalue weighted by Gasteiger charge is -2.23. The van der Waals surface area contributed by atoms with Crippen LogP contribution in [0.5, 0.6) is 0 Å². The van der Waals surface area contributed by atoms with Crippen molar-refractivity contribution in [3.05, 3.63) is 29.1 Å². The molecule has 0 spiro atoms. The molecular formula is C13H19N. The van der Waals surface area contributed by atoms with E-state index in [1.807, 2.05) is 0 Å². The average Bonchev–Trinajstić information content (AvgIpc) is 2.43. The highest BCUT2D eigenvalue weighted by molar-refractivity contribution is 5.68. The summed E-state index contributed by atoms with van der Waals surface area (Å²) in [5.74, 6) is 0. The summed E-state index contributed by atoms with van der Waals surface area (Å²) in [6.07, 6.45) is 4.79. The van der Waals surface area contributed by atoms with Crippen LogP contribution in [0.2, 0.25) is 0 Å². The number of hydrogen-bond donors (Lipinski definition) is 1. The van der Waals surface area contributed by atoms with E-state index < -0.39 is 0 Å². The first kappa shape index (κ1) is 9.57. The van der Waals surface area contributed by atoms with Crippen LogP contribution in [0.25, 0.3) is 5.57 Å². The molecule has 1 heteroatoms. The van der Waals surface area contributed by atoms with Crippen molar-refractivity contribution in [3.63, 3.8) is 0 Å². The van der Waals surface area contributed by atoms with E-state index in [0.29, 0.717) is 0 Å². The molecule has 0 radical (unpaired) electrons. The van der Waals surface area contributed by atoms with Crippen molar-refractivity contribution in [3.8, 4) is 0 Å². The molecular weight excluding hydrogens is 170 g/mol. The van der Waals surface area contributed by atoms with Crippen LogP contribution < -0.4 is 0 Å². The minimum absolute atomic E-state index is 0.290. The van der Waals surface area contributed by atoms with Crippen molar-refractivity contribution in [2.45, 2.75) is 46.0 Å². The zero-order valence-electron chi connectivity index (χ0n) is 9.57. The van der Waals surface area contributed by atoms with Crippen molar-refractivity contribution in [1.29, 1.82) is 0 Å². The fourth-order valence-electron chi connectivity index (χ4n) is 2.32. The topological polar surface area (TPSA) is 15.8 Å². The van der Waals surface area contributed by atoms with Crippen molar-refractivity contribution in [2.24, 2.45) is 0 Å². The van der Waals surface area contributed by atoms with E-state index in [1.165, 1.54) is 35.4 Å². The maximum atomic E-state index is 3.52. The molecule has 1 aliphatic rings. The van der Waals surface area contributed by atoms with Crippen LogP contribution in [0.3, 0.4) is 0 Å². The number of aryl methyl sites for hydroxylation is 1. The summed E-state index contributed by atoms with van der Waals surface area (Å²) in [6.45, 7) is 9.01. The molecule has 2 rings (SSSR count). The van der Waals surface area contributed by atoms with E-state index in [9.17, 15) is 0 Å². The molecule has 1 aromatic heterocycles. The van der Waals surface area contributed by atoms with Crippen LogP contribution in [0.4, 0.5) is 0 Å². The molecule has 1 aliphatic carbocycles. The third kappa shape index (κ3) is 1.41. The largest absolute Gasteiger partial charge is 0.362 e. The lowest BCUT2D eigenvalue weighted by atomic mass is 9.84. The van der Waals surface area contributed by atoms with Crippen LogP contribution in [0, 0.1) is 6.92 Å². The molecule has 0 aliphatic heterocycles. The zero-order chi connectivity index (χ0) is 10.3. The second-order valence-corrected chi connectivity index (χ2v) is 5.05. The Balaban J connectivity index is 2.61. The van der Waals surface area contributed by atoms with Gasteiger partial charge in [0.25, 0.3) is 0 Å². The van der Waals surface area contributed by atoms with Gasteiger partial charge >= 0.3 is 0 Å². The van der Waals surface area contributed by atoms with Gasteiger partial charge in [-0.25, -0.2) is 0 Å².